The highest BCUT2D eigenvalue weighted by Crippen LogP contribution is 2.24. The van der Waals surface area contributed by atoms with E-state index >= 15 is 0 Å². The predicted molar refractivity (Wildman–Crippen MR) is 127 cm³/mol. The maximum atomic E-state index is 12.6. The van der Waals surface area contributed by atoms with Gasteiger partial charge < -0.3 is 15.0 Å². The van der Waals surface area contributed by atoms with E-state index in [0.29, 0.717) is 19.4 Å². The highest BCUT2D eigenvalue weighted by molar-refractivity contribution is 5.92. The van der Waals surface area contributed by atoms with Crippen molar-refractivity contribution in [1.82, 2.24) is 9.80 Å². The molecule has 0 atom stereocenters. The molecule has 3 aromatic carbocycles. The molecule has 0 aromatic heterocycles. The van der Waals surface area contributed by atoms with Crippen molar-refractivity contribution >= 4 is 22.4 Å². The highest BCUT2D eigenvalue weighted by Gasteiger charge is 2.14. The molecule has 1 heterocycles. The second kappa shape index (κ2) is 10.4. The van der Waals surface area contributed by atoms with Crippen LogP contribution in [0, 0.1) is 0 Å². The Morgan fingerprint density at radius 1 is 0.935 bits per heavy atom. The molecule has 1 saturated heterocycles. The molecule has 31 heavy (non-hydrogen) atoms. The predicted octanol–water partition coefficient (Wildman–Crippen LogP) is 4.04. The van der Waals surface area contributed by atoms with E-state index in [2.05, 4.69) is 52.5 Å². The van der Waals surface area contributed by atoms with Crippen LogP contribution in [-0.2, 0) is 11.2 Å². The quantitative estimate of drug-likeness (QED) is 0.601. The molecule has 0 bridgehead atoms. The van der Waals surface area contributed by atoms with Crippen molar-refractivity contribution in [2.24, 2.45) is 0 Å². The molecule has 0 radical (unpaired) electrons. The minimum atomic E-state index is 0.00303. The summed E-state index contributed by atoms with van der Waals surface area (Å²) in [5.74, 6) is 0.735. The Balaban J connectivity index is 1.27. The molecule has 0 spiro atoms. The van der Waals surface area contributed by atoms with Gasteiger partial charge in [0.05, 0.1) is 5.69 Å². The largest absolute Gasteiger partial charge is 0.490 e. The summed E-state index contributed by atoms with van der Waals surface area (Å²) in [4.78, 5) is 17.3. The molecular weight excluding hydrogens is 386 g/mol. The monoisotopic (exact) mass is 417 g/mol. The van der Waals surface area contributed by atoms with Crippen molar-refractivity contribution in [1.29, 1.82) is 0 Å². The summed E-state index contributed by atoms with van der Waals surface area (Å²) >= 11 is 0. The number of carbonyl (C=O) groups is 1. The molecule has 5 nitrogen and oxygen atoms in total. The van der Waals surface area contributed by atoms with Crippen LogP contribution in [0.15, 0.2) is 66.7 Å². The van der Waals surface area contributed by atoms with Crippen molar-refractivity contribution in [3.05, 3.63) is 72.3 Å². The van der Waals surface area contributed by atoms with Gasteiger partial charge in [0.1, 0.15) is 12.4 Å². The van der Waals surface area contributed by atoms with Crippen molar-refractivity contribution in [2.45, 2.75) is 12.8 Å². The Morgan fingerprint density at radius 2 is 1.68 bits per heavy atom. The fourth-order valence-corrected chi connectivity index (χ4v) is 3.92. The lowest BCUT2D eigenvalue weighted by Gasteiger charge is -2.32. The van der Waals surface area contributed by atoms with E-state index in [1.807, 2.05) is 36.4 Å². The summed E-state index contributed by atoms with van der Waals surface area (Å²) in [6.07, 6.45) is 1.15. The van der Waals surface area contributed by atoms with Gasteiger partial charge in [0.25, 0.3) is 0 Å². The first kappa shape index (κ1) is 21.3. The van der Waals surface area contributed by atoms with E-state index in [4.69, 9.17) is 4.74 Å². The number of rotatable bonds is 8. The number of nitrogens with one attached hydrogen (secondary N) is 1. The summed E-state index contributed by atoms with van der Waals surface area (Å²) in [7, 11) is 2.16. The zero-order valence-electron chi connectivity index (χ0n) is 18.2. The Labute approximate surface area is 184 Å². The van der Waals surface area contributed by atoms with Crippen LogP contribution in [0.3, 0.4) is 0 Å². The molecule has 1 N–H and O–H groups in total. The first-order chi connectivity index (χ1) is 15.2. The molecule has 0 unspecified atom stereocenters. The van der Waals surface area contributed by atoms with Gasteiger partial charge in [-0.1, -0.05) is 54.6 Å². The third kappa shape index (κ3) is 6.06. The van der Waals surface area contributed by atoms with Crippen LogP contribution < -0.4 is 10.1 Å². The third-order valence-electron chi connectivity index (χ3n) is 5.88. The SMILES string of the molecule is CN1CCN(CCOc2ccccc2NC(=O)CCc2ccc3ccccc3c2)CC1. The van der Waals surface area contributed by atoms with E-state index in [-0.39, 0.29) is 5.91 Å². The molecule has 0 aliphatic carbocycles. The average molecular weight is 418 g/mol. The number of piperazine rings is 1. The Morgan fingerprint density at radius 3 is 2.52 bits per heavy atom. The Kier molecular flexibility index (Phi) is 7.18. The van der Waals surface area contributed by atoms with Gasteiger partial charge in [-0.25, -0.2) is 0 Å². The van der Waals surface area contributed by atoms with E-state index < -0.39 is 0 Å². The van der Waals surface area contributed by atoms with Crippen LogP contribution in [0.1, 0.15) is 12.0 Å². The summed E-state index contributed by atoms with van der Waals surface area (Å²) in [5, 5.41) is 5.46. The number of aryl methyl sites for hydroxylation is 1. The standard InChI is InChI=1S/C26H31N3O2/c1-28-14-16-29(17-15-28)18-19-31-25-9-5-4-8-24(25)27-26(30)13-11-21-10-12-22-6-2-3-7-23(22)20-21/h2-10,12,20H,11,13-19H2,1H3,(H,27,30). The number of amides is 1. The number of fused-ring (bicyclic) bond motifs is 1. The fraction of sp³-hybridized carbons (Fsp3) is 0.346. The van der Waals surface area contributed by atoms with Gasteiger partial charge >= 0.3 is 0 Å². The molecular formula is C26H31N3O2. The van der Waals surface area contributed by atoms with Crippen molar-refractivity contribution in [3.63, 3.8) is 0 Å². The number of para-hydroxylation sites is 2. The zero-order chi connectivity index (χ0) is 21.5. The summed E-state index contributed by atoms with van der Waals surface area (Å²) in [6, 6.07) is 22.4. The van der Waals surface area contributed by atoms with Crippen LogP contribution in [0.25, 0.3) is 10.8 Å². The molecule has 1 aliphatic rings. The third-order valence-corrected chi connectivity index (χ3v) is 5.88. The van der Waals surface area contributed by atoms with Gasteiger partial charge in [-0.05, 0) is 41.9 Å². The summed E-state index contributed by atoms with van der Waals surface area (Å²) in [6.45, 7) is 5.87. The fourth-order valence-electron chi connectivity index (χ4n) is 3.92. The smallest absolute Gasteiger partial charge is 0.224 e. The molecule has 162 valence electrons. The van der Waals surface area contributed by atoms with Gasteiger partial charge in [0.15, 0.2) is 0 Å². The van der Waals surface area contributed by atoms with Gasteiger partial charge in [0.2, 0.25) is 5.91 Å². The number of likely N-dealkylation sites (N-methyl/N-ethyl adjacent to an activating group) is 1. The number of carbonyl (C=O) groups excluding carboxylic acids is 1. The average Bonchev–Trinajstić information content (AvgIpc) is 2.80. The molecule has 1 aliphatic heterocycles. The number of hydrogen-bond donors (Lipinski definition) is 1. The molecule has 5 heteroatoms. The van der Waals surface area contributed by atoms with E-state index in [1.165, 1.54) is 16.3 Å². The second-order valence-electron chi connectivity index (χ2n) is 8.22. The second-order valence-corrected chi connectivity index (χ2v) is 8.22. The Hall–Kier alpha value is -2.89. The van der Waals surface area contributed by atoms with E-state index in [9.17, 15) is 4.79 Å². The van der Waals surface area contributed by atoms with Crippen LogP contribution in [0.2, 0.25) is 0 Å². The summed E-state index contributed by atoms with van der Waals surface area (Å²) < 4.78 is 6.01. The van der Waals surface area contributed by atoms with Crippen LogP contribution in [-0.4, -0.2) is 62.1 Å². The Bertz CT molecular complexity index is 1010. The number of benzene rings is 3. The first-order valence-corrected chi connectivity index (χ1v) is 11.1. The van der Waals surface area contributed by atoms with E-state index in [1.54, 1.807) is 0 Å². The number of ether oxygens (including phenoxy) is 1. The van der Waals surface area contributed by atoms with Gasteiger partial charge in [-0.3, -0.25) is 9.69 Å². The van der Waals surface area contributed by atoms with Crippen molar-refractivity contribution in [3.8, 4) is 5.75 Å². The van der Waals surface area contributed by atoms with Gasteiger partial charge in [0, 0.05) is 39.1 Å². The normalized spacial score (nSPS) is 15.1. The van der Waals surface area contributed by atoms with Crippen LogP contribution >= 0.6 is 0 Å². The molecule has 1 fully saturated rings. The lowest BCUT2D eigenvalue weighted by Crippen LogP contribution is -2.45. The molecule has 0 saturated carbocycles. The first-order valence-electron chi connectivity index (χ1n) is 11.1. The van der Waals surface area contributed by atoms with Crippen molar-refractivity contribution in [2.75, 3.05) is 51.7 Å². The minimum Gasteiger partial charge on any atom is -0.490 e. The van der Waals surface area contributed by atoms with Gasteiger partial charge in [-0.2, -0.15) is 0 Å². The zero-order valence-corrected chi connectivity index (χ0v) is 18.2. The van der Waals surface area contributed by atoms with Crippen LogP contribution in [0.5, 0.6) is 5.75 Å². The molecule has 1 amide bonds. The number of anilines is 1. The maximum absolute atomic E-state index is 12.6. The van der Waals surface area contributed by atoms with E-state index in [0.717, 1.165) is 44.2 Å². The molecule has 3 aromatic rings. The topological polar surface area (TPSA) is 44.8 Å². The molecule has 4 rings (SSSR count). The number of nitrogens with zero attached hydrogens (tertiary/aromatic N) is 2. The number of hydrogen-bond acceptors (Lipinski definition) is 4. The van der Waals surface area contributed by atoms with Crippen molar-refractivity contribution < 1.29 is 9.53 Å². The highest BCUT2D eigenvalue weighted by atomic mass is 16.5. The minimum absolute atomic E-state index is 0.00303. The summed E-state index contributed by atoms with van der Waals surface area (Å²) in [5.41, 5.74) is 1.91. The lowest BCUT2D eigenvalue weighted by atomic mass is 10.0. The van der Waals surface area contributed by atoms with Gasteiger partial charge in [-0.15, -0.1) is 0 Å². The lowest BCUT2D eigenvalue weighted by molar-refractivity contribution is -0.116. The van der Waals surface area contributed by atoms with Crippen LogP contribution in [0.4, 0.5) is 5.69 Å². The maximum Gasteiger partial charge on any atom is 0.224 e.